The van der Waals surface area contributed by atoms with Gasteiger partial charge >= 0.3 is 0 Å². The lowest BCUT2D eigenvalue weighted by Gasteiger charge is -2.34. The van der Waals surface area contributed by atoms with Crippen molar-refractivity contribution >= 4 is 50.7 Å². The number of halogens is 2. The topological polar surface area (TPSA) is 86.8 Å². The molecule has 218 valence electrons. The number of anilines is 1. The van der Waals surface area contributed by atoms with E-state index < -0.39 is 28.5 Å². The van der Waals surface area contributed by atoms with E-state index in [1.165, 1.54) is 30.1 Å². The summed E-state index contributed by atoms with van der Waals surface area (Å²) in [5.41, 5.74) is 2.41. The molecule has 0 heterocycles. The largest absolute Gasteiger partial charge is 0.357 e. The van der Waals surface area contributed by atoms with Crippen molar-refractivity contribution in [3.8, 4) is 0 Å². The van der Waals surface area contributed by atoms with Crippen molar-refractivity contribution in [1.29, 1.82) is 0 Å². The van der Waals surface area contributed by atoms with Crippen LogP contribution in [0.5, 0.6) is 0 Å². The highest BCUT2D eigenvalue weighted by molar-refractivity contribution is 7.92. The fourth-order valence-electron chi connectivity index (χ4n) is 4.64. The average Bonchev–Trinajstić information content (AvgIpc) is 2.99. The summed E-state index contributed by atoms with van der Waals surface area (Å²) in [5.74, 6) is -0.955. The number of nitrogens with zero attached hydrogens (tertiary/aromatic N) is 2. The molecule has 4 aromatic rings. The summed E-state index contributed by atoms with van der Waals surface area (Å²) >= 11 is 12.5. The minimum atomic E-state index is -4.21. The minimum Gasteiger partial charge on any atom is -0.357 e. The molecule has 0 saturated carbocycles. The number of carbonyl (C=O) groups excluding carboxylic acids is 2. The zero-order chi connectivity index (χ0) is 30.3. The zero-order valence-corrected chi connectivity index (χ0v) is 25.5. The predicted octanol–water partition coefficient (Wildman–Crippen LogP) is 5.88. The number of benzene rings is 4. The van der Waals surface area contributed by atoms with E-state index in [1.807, 2.05) is 30.3 Å². The van der Waals surface area contributed by atoms with Gasteiger partial charge in [0.25, 0.3) is 10.0 Å². The number of hydrogen-bond donors (Lipinski definition) is 1. The number of sulfonamides is 1. The van der Waals surface area contributed by atoms with Crippen molar-refractivity contribution in [1.82, 2.24) is 10.2 Å². The van der Waals surface area contributed by atoms with Gasteiger partial charge in [-0.3, -0.25) is 13.9 Å². The van der Waals surface area contributed by atoms with Crippen molar-refractivity contribution in [3.63, 3.8) is 0 Å². The maximum absolute atomic E-state index is 14.3. The summed E-state index contributed by atoms with van der Waals surface area (Å²) < 4.78 is 29.1. The van der Waals surface area contributed by atoms with Crippen molar-refractivity contribution in [2.45, 2.75) is 30.8 Å². The zero-order valence-electron chi connectivity index (χ0n) is 23.2. The van der Waals surface area contributed by atoms with Crippen molar-refractivity contribution in [2.24, 2.45) is 0 Å². The van der Waals surface area contributed by atoms with Crippen molar-refractivity contribution < 1.29 is 18.0 Å². The number of likely N-dealkylation sites (N-methyl/N-ethyl adjacent to an activating group) is 1. The molecule has 0 aromatic heterocycles. The second-order valence-electron chi connectivity index (χ2n) is 9.73. The van der Waals surface area contributed by atoms with Gasteiger partial charge in [0.2, 0.25) is 11.8 Å². The fraction of sp³-hybridized carbons (Fsp3) is 0.188. The first kappa shape index (κ1) is 31.1. The lowest BCUT2D eigenvalue weighted by molar-refractivity contribution is -0.139. The summed E-state index contributed by atoms with van der Waals surface area (Å²) in [5, 5.41) is 3.46. The van der Waals surface area contributed by atoms with E-state index in [0.717, 1.165) is 9.87 Å². The molecule has 2 amide bonds. The molecule has 10 heteroatoms. The quantitative estimate of drug-likeness (QED) is 0.226. The van der Waals surface area contributed by atoms with E-state index in [0.29, 0.717) is 21.2 Å². The maximum atomic E-state index is 14.3. The number of carbonyl (C=O) groups is 2. The van der Waals surface area contributed by atoms with Crippen LogP contribution < -0.4 is 9.62 Å². The Morgan fingerprint density at radius 1 is 0.810 bits per heavy atom. The van der Waals surface area contributed by atoms with Gasteiger partial charge in [0.1, 0.15) is 12.6 Å². The highest BCUT2D eigenvalue weighted by Crippen LogP contribution is 2.30. The summed E-state index contributed by atoms with van der Waals surface area (Å²) in [4.78, 5) is 29.1. The van der Waals surface area contributed by atoms with Gasteiger partial charge in [0.15, 0.2) is 0 Å². The summed E-state index contributed by atoms with van der Waals surface area (Å²) in [6.07, 6.45) is 0.217. The smallest absolute Gasteiger partial charge is 0.264 e. The van der Waals surface area contributed by atoms with E-state index in [-0.39, 0.29) is 29.5 Å². The molecule has 0 aliphatic heterocycles. The number of nitrogens with one attached hydrogen (secondary N) is 1. The van der Waals surface area contributed by atoms with E-state index in [9.17, 15) is 18.0 Å². The SMILES string of the molecule is CNC(=O)C(Cc1ccccc1)N(Cc1cccc(Cl)c1)C(=O)CN(c1cc(Cl)ccc1C)S(=O)(=O)c1ccccc1. The summed E-state index contributed by atoms with van der Waals surface area (Å²) in [6, 6.07) is 28.1. The highest BCUT2D eigenvalue weighted by Gasteiger charge is 2.34. The monoisotopic (exact) mass is 623 g/mol. The molecule has 4 rings (SSSR count). The first-order chi connectivity index (χ1) is 20.1. The molecule has 0 spiro atoms. The van der Waals surface area contributed by atoms with Gasteiger partial charge in [-0.2, -0.15) is 0 Å². The van der Waals surface area contributed by atoms with Crippen LogP contribution >= 0.6 is 23.2 Å². The third-order valence-electron chi connectivity index (χ3n) is 6.81. The standard InChI is InChI=1S/C32H31Cl2N3O4S/c1-23-16-17-27(34)20-29(23)37(42(40,41)28-14-7-4-8-15-28)22-31(38)36(21-25-12-9-13-26(33)18-25)30(32(39)35-2)19-24-10-5-3-6-11-24/h3-18,20,30H,19,21-22H2,1-2H3,(H,35,39). The van der Waals surface area contributed by atoms with Gasteiger partial charge in [0, 0.05) is 30.1 Å². The third-order valence-corrected chi connectivity index (χ3v) is 9.05. The summed E-state index contributed by atoms with van der Waals surface area (Å²) in [7, 11) is -2.70. The van der Waals surface area contributed by atoms with Crippen LogP contribution in [-0.4, -0.2) is 44.8 Å². The lowest BCUT2D eigenvalue weighted by atomic mass is 10.0. The van der Waals surface area contributed by atoms with Crippen LogP contribution in [0.2, 0.25) is 10.0 Å². The average molecular weight is 625 g/mol. The minimum absolute atomic E-state index is 0.0192. The third kappa shape index (κ3) is 7.50. The van der Waals surface area contributed by atoms with Crippen LogP contribution in [0.1, 0.15) is 16.7 Å². The predicted molar refractivity (Wildman–Crippen MR) is 167 cm³/mol. The van der Waals surface area contributed by atoms with Gasteiger partial charge in [-0.15, -0.1) is 0 Å². The molecule has 0 aliphatic carbocycles. The second-order valence-corrected chi connectivity index (χ2v) is 12.5. The molecular weight excluding hydrogens is 593 g/mol. The molecule has 0 aliphatic rings. The molecule has 0 saturated heterocycles. The number of hydrogen-bond acceptors (Lipinski definition) is 4. The molecule has 0 bridgehead atoms. The van der Waals surface area contributed by atoms with Gasteiger partial charge in [-0.05, 0) is 60.0 Å². The Bertz CT molecular complexity index is 1650. The van der Waals surface area contributed by atoms with E-state index >= 15 is 0 Å². The summed E-state index contributed by atoms with van der Waals surface area (Å²) in [6.45, 7) is 1.20. The Hall–Kier alpha value is -3.85. The van der Waals surface area contributed by atoms with E-state index in [1.54, 1.807) is 61.5 Å². The molecule has 0 radical (unpaired) electrons. The van der Waals surface area contributed by atoms with Crippen molar-refractivity contribution in [2.75, 3.05) is 17.9 Å². The van der Waals surface area contributed by atoms with Gasteiger partial charge in [-0.1, -0.05) is 89.9 Å². The van der Waals surface area contributed by atoms with E-state index in [2.05, 4.69) is 5.32 Å². The van der Waals surface area contributed by atoms with Crippen LogP contribution in [0.4, 0.5) is 5.69 Å². The Morgan fingerprint density at radius 3 is 2.07 bits per heavy atom. The molecule has 4 aromatic carbocycles. The maximum Gasteiger partial charge on any atom is 0.264 e. The first-order valence-electron chi connectivity index (χ1n) is 13.2. The Labute approximate surface area is 256 Å². The molecular formula is C32H31Cl2N3O4S. The molecule has 1 unspecified atom stereocenters. The molecule has 7 nitrogen and oxygen atoms in total. The lowest BCUT2D eigenvalue weighted by Crippen LogP contribution is -2.53. The van der Waals surface area contributed by atoms with Crippen LogP contribution in [0.3, 0.4) is 0 Å². The molecule has 1 atom stereocenters. The Balaban J connectivity index is 1.81. The van der Waals surface area contributed by atoms with Gasteiger partial charge < -0.3 is 10.2 Å². The molecule has 1 N–H and O–H groups in total. The Kier molecular flexibility index (Phi) is 10.3. The van der Waals surface area contributed by atoms with Crippen LogP contribution in [0.25, 0.3) is 0 Å². The van der Waals surface area contributed by atoms with Crippen molar-refractivity contribution in [3.05, 3.63) is 130 Å². The molecule has 42 heavy (non-hydrogen) atoms. The Morgan fingerprint density at radius 2 is 1.43 bits per heavy atom. The first-order valence-corrected chi connectivity index (χ1v) is 15.4. The second kappa shape index (κ2) is 13.9. The molecule has 0 fully saturated rings. The van der Waals surface area contributed by atoms with Gasteiger partial charge in [-0.25, -0.2) is 8.42 Å². The number of amides is 2. The van der Waals surface area contributed by atoms with Crippen LogP contribution in [0.15, 0.2) is 108 Å². The fourth-order valence-corrected chi connectivity index (χ4v) is 6.51. The number of rotatable bonds is 11. The van der Waals surface area contributed by atoms with E-state index in [4.69, 9.17) is 23.2 Å². The van der Waals surface area contributed by atoms with Gasteiger partial charge in [0.05, 0.1) is 10.6 Å². The highest BCUT2D eigenvalue weighted by atomic mass is 35.5. The number of aryl methyl sites for hydroxylation is 1. The van der Waals surface area contributed by atoms with Crippen LogP contribution in [-0.2, 0) is 32.6 Å². The normalized spacial score (nSPS) is 11.9. The van der Waals surface area contributed by atoms with Crippen LogP contribution in [0, 0.1) is 6.92 Å².